The van der Waals surface area contributed by atoms with Crippen LogP contribution in [0.2, 0.25) is 5.02 Å². The molecule has 0 spiro atoms. The molecule has 1 aliphatic carbocycles. The first kappa shape index (κ1) is 14.8. The van der Waals surface area contributed by atoms with Crippen LogP contribution in [-0.4, -0.2) is 30.4 Å². The molecule has 0 radical (unpaired) electrons. The number of amides is 1. The second-order valence-electron chi connectivity index (χ2n) is 5.35. The molecule has 5 heteroatoms. The zero-order valence-corrected chi connectivity index (χ0v) is 12.4. The van der Waals surface area contributed by atoms with Crippen LogP contribution in [0.3, 0.4) is 0 Å². The average Bonchev–Trinajstić information content (AvgIpc) is 3.21. The van der Waals surface area contributed by atoms with Crippen molar-refractivity contribution in [3.63, 3.8) is 0 Å². The molecule has 0 bridgehead atoms. The molecule has 0 aromatic heterocycles. The lowest BCUT2D eigenvalue weighted by Crippen LogP contribution is -2.40. The van der Waals surface area contributed by atoms with Gasteiger partial charge in [0.05, 0.1) is 16.6 Å². The fraction of sp³-hybridized carbons (Fsp3) is 0.467. The molecule has 106 valence electrons. The summed E-state index contributed by atoms with van der Waals surface area (Å²) >= 11 is 5.95. The molecule has 0 aliphatic heterocycles. The fourth-order valence-electron chi connectivity index (χ4n) is 2.00. The van der Waals surface area contributed by atoms with Gasteiger partial charge in [0.15, 0.2) is 0 Å². The molecule has 1 N–H and O–H groups in total. The molecule has 1 saturated carbocycles. The Balaban J connectivity index is 1.96. The van der Waals surface area contributed by atoms with E-state index in [-0.39, 0.29) is 11.9 Å². The van der Waals surface area contributed by atoms with Crippen molar-refractivity contribution in [1.82, 2.24) is 4.90 Å². The Kier molecular flexibility index (Phi) is 4.64. The predicted molar refractivity (Wildman–Crippen MR) is 79.6 cm³/mol. The first-order valence-electron chi connectivity index (χ1n) is 6.72. The van der Waals surface area contributed by atoms with Gasteiger partial charge >= 0.3 is 0 Å². The molecule has 1 aromatic carbocycles. The minimum Gasteiger partial charge on any atom is -0.325 e. The van der Waals surface area contributed by atoms with Gasteiger partial charge in [0, 0.05) is 12.2 Å². The number of hydrogen-bond donors (Lipinski definition) is 1. The van der Waals surface area contributed by atoms with E-state index in [1.165, 1.54) is 12.8 Å². The van der Waals surface area contributed by atoms with Crippen LogP contribution < -0.4 is 5.32 Å². The van der Waals surface area contributed by atoms with Crippen LogP contribution >= 0.6 is 11.6 Å². The maximum atomic E-state index is 12.2. The van der Waals surface area contributed by atoms with Crippen molar-refractivity contribution in [2.75, 3.05) is 18.9 Å². The fourth-order valence-corrected chi connectivity index (χ4v) is 2.22. The van der Waals surface area contributed by atoms with Gasteiger partial charge in [-0.3, -0.25) is 9.69 Å². The first-order chi connectivity index (χ1) is 9.51. The monoisotopic (exact) mass is 291 g/mol. The number of anilines is 1. The van der Waals surface area contributed by atoms with E-state index < -0.39 is 0 Å². The summed E-state index contributed by atoms with van der Waals surface area (Å²) in [5, 5.41) is 12.0. The molecule has 0 saturated heterocycles. The Labute approximate surface area is 124 Å². The second-order valence-corrected chi connectivity index (χ2v) is 5.76. The number of carbonyl (C=O) groups excluding carboxylic acids is 1. The van der Waals surface area contributed by atoms with Gasteiger partial charge in [-0.05, 0) is 50.9 Å². The van der Waals surface area contributed by atoms with Crippen molar-refractivity contribution in [1.29, 1.82) is 5.26 Å². The largest absolute Gasteiger partial charge is 0.325 e. The highest BCUT2D eigenvalue weighted by molar-refractivity contribution is 6.32. The van der Waals surface area contributed by atoms with E-state index in [1.54, 1.807) is 18.2 Å². The lowest BCUT2D eigenvalue weighted by molar-refractivity contribution is -0.120. The Morgan fingerprint density at radius 2 is 2.30 bits per heavy atom. The zero-order chi connectivity index (χ0) is 14.7. The number of halogens is 1. The Hall–Kier alpha value is -1.57. The molecule has 20 heavy (non-hydrogen) atoms. The number of nitrogens with zero attached hydrogens (tertiary/aromatic N) is 2. The first-order valence-corrected chi connectivity index (χ1v) is 7.10. The summed E-state index contributed by atoms with van der Waals surface area (Å²) in [7, 11) is 1.97. The Morgan fingerprint density at radius 1 is 1.60 bits per heavy atom. The van der Waals surface area contributed by atoms with Crippen molar-refractivity contribution < 1.29 is 4.79 Å². The highest BCUT2D eigenvalue weighted by Crippen LogP contribution is 2.29. The van der Waals surface area contributed by atoms with Gasteiger partial charge in [-0.2, -0.15) is 5.26 Å². The van der Waals surface area contributed by atoms with Gasteiger partial charge in [-0.25, -0.2) is 0 Å². The smallest absolute Gasteiger partial charge is 0.241 e. The zero-order valence-electron chi connectivity index (χ0n) is 11.7. The van der Waals surface area contributed by atoms with E-state index in [0.717, 1.165) is 12.5 Å². The molecular weight excluding hydrogens is 274 g/mol. The lowest BCUT2D eigenvalue weighted by Gasteiger charge is -2.23. The van der Waals surface area contributed by atoms with Gasteiger partial charge in [0.2, 0.25) is 5.91 Å². The van der Waals surface area contributed by atoms with Crippen LogP contribution in [0.15, 0.2) is 18.2 Å². The number of likely N-dealkylation sites (N-methyl/N-ethyl adjacent to an activating group) is 1. The predicted octanol–water partition coefficient (Wildman–Crippen LogP) is 2.88. The molecule has 1 atom stereocenters. The number of carbonyl (C=O) groups is 1. The average molecular weight is 292 g/mol. The quantitative estimate of drug-likeness (QED) is 0.907. The van der Waals surface area contributed by atoms with Crippen molar-refractivity contribution in [2.24, 2.45) is 5.92 Å². The number of nitriles is 1. The molecule has 2 rings (SSSR count). The van der Waals surface area contributed by atoms with Crippen LogP contribution in [0.1, 0.15) is 25.3 Å². The minimum atomic E-state index is -0.190. The van der Waals surface area contributed by atoms with E-state index >= 15 is 0 Å². The van der Waals surface area contributed by atoms with E-state index in [0.29, 0.717) is 16.3 Å². The Morgan fingerprint density at radius 3 is 2.85 bits per heavy atom. The topological polar surface area (TPSA) is 56.1 Å². The SMILES string of the molecule is C[C@@H](C(=O)Nc1ccc(C#N)c(Cl)c1)N(C)CC1CC1. The lowest BCUT2D eigenvalue weighted by atomic mass is 10.2. The van der Waals surface area contributed by atoms with Gasteiger partial charge < -0.3 is 5.32 Å². The van der Waals surface area contributed by atoms with Crippen LogP contribution in [-0.2, 0) is 4.79 Å². The molecule has 0 unspecified atom stereocenters. The summed E-state index contributed by atoms with van der Waals surface area (Å²) in [6, 6.07) is 6.70. The van der Waals surface area contributed by atoms with Crippen LogP contribution in [0.5, 0.6) is 0 Å². The van der Waals surface area contributed by atoms with Crippen molar-refractivity contribution >= 4 is 23.2 Å². The normalized spacial score (nSPS) is 15.8. The van der Waals surface area contributed by atoms with Crippen molar-refractivity contribution in [3.05, 3.63) is 28.8 Å². The van der Waals surface area contributed by atoms with E-state index in [9.17, 15) is 4.79 Å². The molecule has 1 fully saturated rings. The second kappa shape index (κ2) is 6.25. The number of hydrogen-bond acceptors (Lipinski definition) is 3. The summed E-state index contributed by atoms with van der Waals surface area (Å²) in [4.78, 5) is 14.2. The van der Waals surface area contributed by atoms with Gasteiger partial charge in [0.1, 0.15) is 6.07 Å². The van der Waals surface area contributed by atoms with E-state index in [4.69, 9.17) is 16.9 Å². The third-order valence-corrected chi connectivity index (χ3v) is 3.95. The van der Waals surface area contributed by atoms with Gasteiger partial charge in [0.25, 0.3) is 0 Å². The minimum absolute atomic E-state index is 0.0612. The summed E-state index contributed by atoms with van der Waals surface area (Å²) in [5.74, 6) is 0.688. The Bertz CT molecular complexity index is 549. The standard InChI is InChI=1S/C15H18ClN3O/c1-10(19(2)9-11-3-4-11)15(20)18-13-6-5-12(8-17)14(16)7-13/h5-7,10-11H,3-4,9H2,1-2H3,(H,18,20)/t10-/m0/s1. The highest BCUT2D eigenvalue weighted by Gasteiger charge is 2.27. The van der Waals surface area contributed by atoms with Crippen LogP contribution in [0.4, 0.5) is 5.69 Å². The molecule has 1 aliphatic rings. The molecular formula is C15H18ClN3O. The van der Waals surface area contributed by atoms with Gasteiger partial charge in [-0.15, -0.1) is 0 Å². The third-order valence-electron chi connectivity index (χ3n) is 3.64. The summed E-state index contributed by atoms with van der Waals surface area (Å²) in [5.41, 5.74) is 1.02. The molecule has 1 amide bonds. The van der Waals surface area contributed by atoms with E-state index in [1.807, 2.05) is 20.0 Å². The third kappa shape index (κ3) is 3.72. The molecule has 1 aromatic rings. The number of rotatable bonds is 5. The summed E-state index contributed by atoms with van der Waals surface area (Å²) in [6.45, 7) is 2.85. The van der Waals surface area contributed by atoms with Gasteiger partial charge in [-0.1, -0.05) is 11.6 Å². The molecule has 4 nitrogen and oxygen atoms in total. The maximum Gasteiger partial charge on any atom is 0.241 e. The van der Waals surface area contributed by atoms with Crippen LogP contribution in [0, 0.1) is 17.2 Å². The number of benzene rings is 1. The summed E-state index contributed by atoms with van der Waals surface area (Å²) < 4.78 is 0. The highest BCUT2D eigenvalue weighted by atomic mass is 35.5. The maximum absolute atomic E-state index is 12.2. The van der Waals surface area contributed by atoms with Crippen LogP contribution in [0.25, 0.3) is 0 Å². The van der Waals surface area contributed by atoms with Crippen molar-refractivity contribution in [2.45, 2.75) is 25.8 Å². The van der Waals surface area contributed by atoms with Crippen molar-refractivity contribution in [3.8, 4) is 6.07 Å². The van der Waals surface area contributed by atoms with E-state index in [2.05, 4.69) is 10.2 Å². The molecule has 0 heterocycles. The summed E-state index contributed by atoms with van der Waals surface area (Å²) in [6.07, 6.45) is 2.54. The number of nitrogens with one attached hydrogen (secondary N) is 1.